The van der Waals surface area contributed by atoms with Crippen molar-refractivity contribution < 1.29 is 36.3 Å². The predicted octanol–water partition coefficient (Wildman–Crippen LogP) is 2.69. The first-order valence-electron chi connectivity index (χ1n) is 9.15. The SMILES string of the molecule is CC1CCCCc2cc(ccn2)-c2nn(S(C)(=O)=O)cc2NC1=O.O=C(O)C(F)(F)F. The normalized spacial score (nSPS) is 17.2. The molecule has 1 unspecified atom stereocenters. The molecule has 13 heteroatoms. The van der Waals surface area contributed by atoms with Crippen LogP contribution in [0.2, 0.25) is 0 Å². The van der Waals surface area contributed by atoms with E-state index >= 15 is 0 Å². The fourth-order valence-electron chi connectivity index (χ4n) is 2.73. The number of hydrogen-bond donors (Lipinski definition) is 2. The molecule has 1 aliphatic heterocycles. The van der Waals surface area contributed by atoms with Crippen LogP contribution in [-0.2, 0) is 26.0 Å². The number of pyridine rings is 1. The monoisotopic (exact) mass is 462 g/mol. The molecule has 2 aromatic heterocycles. The van der Waals surface area contributed by atoms with Gasteiger partial charge in [-0.3, -0.25) is 9.78 Å². The van der Waals surface area contributed by atoms with Gasteiger partial charge in [0.2, 0.25) is 5.91 Å². The molecule has 0 saturated carbocycles. The van der Waals surface area contributed by atoms with Crippen molar-refractivity contribution in [1.29, 1.82) is 0 Å². The zero-order valence-electron chi connectivity index (χ0n) is 16.7. The Balaban J connectivity index is 0.000000423. The van der Waals surface area contributed by atoms with Gasteiger partial charge in [-0.1, -0.05) is 13.3 Å². The Morgan fingerprint density at radius 3 is 2.55 bits per heavy atom. The van der Waals surface area contributed by atoms with Gasteiger partial charge >= 0.3 is 12.1 Å². The van der Waals surface area contributed by atoms with E-state index in [1.807, 2.05) is 13.0 Å². The summed E-state index contributed by atoms with van der Waals surface area (Å²) in [5.41, 5.74) is 2.51. The summed E-state index contributed by atoms with van der Waals surface area (Å²) >= 11 is 0. The third-order valence-electron chi connectivity index (χ3n) is 4.39. The minimum absolute atomic E-state index is 0.126. The van der Waals surface area contributed by atoms with E-state index in [4.69, 9.17) is 9.90 Å². The molecule has 0 fully saturated rings. The molecule has 3 heterocycles. The second-order valence-corrected chi connectivity index (χ2v) is 8.84. The number of carbonyl (C=O) groups is 2. The standard InChI is InChI=1S/C16H20N4O3S.C2HF3O2/c1-11-5-3-4-6-13-9-12(7-8-17-13)15-14(18-16(11)21)10-20(19-15)24(2,22)23;3-2(4,5)1(6)7/h7-11H,3-6H2,1-2H3,(H,18,21);(H,6,7). The lowest BCUT2D eigenvalue weighted by molar-refractivity contribution is -0.192. The topological polar surface area (TPSA) is 131 Å². The van der Waals surface area contributed by atoms with Crippen molar-refractivity contribution in [3.63, 3.8) is 0 Å². The number of anilines is 1. The van der Waals surface area contributed by atoms with Gasteiger partial charge in [-0.05, 0) is 31.4 Å². The number of amides is 1. The minimum atomic E-state index is -5.08. The van der Waals surface area contributed by atoms with Crippen molar-refractivity contribution in [3.05, 3.63) is 30.2 Å². The van der Waals surface area contributed by atoms with E-state index in [2.05, 4.69) is 15.4 Å². The van der Waals surface area contributed by atoms with Crippen LogP contribution in [0.1, 0.15) is 31.9 Å². The van der Waals surface area contributed by atoms with Crippen LogP contribution in [0.3, 0.4) is 0 Å². The minimum Gasteiger partial charge on any atom is -0.475 e. The Morgan fingerprint density at radius 1 is 1.32 bits per heavy atom. The maximum absolute atomic E-state index is 12.4. The maximum Gasteiger partial charge on any atom is 0.490 e. The van der Waals surface area contributed by atoms with Crippen LogP contribution in [0.25, 0.3) is 11.3 Å². The summed E-state index contributed by atoms with van der Waals surface area (Å²) in [7, 11) is -3.54. The van der Waals surface area contributed by atoms with Crippen LogP contribution < -0.4 is 5.32 Å². The molecular weight excluding hydrogens is 441 g/mol. The molecule has 170 valence electrons. The molecule has 9 nitrogen and oxygen atoms in total. The van der Waals surface area contributed by atoms with Crippen LogP contribution in [0.4, 0.5) is 18.9 Å². The fraction of sp³-hybridized carbons (Fsp3) is 0.444. The number of carboxylic acids is 1. The Labute approximate surface area is 176 Å². The molecule has 0 saturated heterocycles. The van der Waals surface area contributed by atoms with Gasteiger partial charge in [0.15, 0.2) is 0 Å². The highest BCUT2D eigenvalue weighted by Crippen LogP contribution is 2.29. The van der Waals surface area contributed by atoms with Crippen LogP contribution in [0.5, 0.6) is 0 Å². The third-order valence-corrected chi connectivity index (χ3v) is 5.26. The largest absolute Gasteiger partial charge is 0.490 e. The number of carbonyl (C=O) groups excluding carboxylic acids is 1. The van der Waals surface area contributed by atoms with Gasteiger partial charge in [-0.2, -0.15) is 22.4 Å². The zero-order valence-corrected chi connectivity index (χ0v) is 17.5. The molecule has 2 aromatic rings. The van der Waals surface area contributed by atoms with Crippen molar-refractivity contribution in [2.75, 3.05) is 11.6 Å². The number of rotatable bonds is 1. The summed E-state index contributed by atoms with van der Waals surface area (Å²) in [5, 5.41) is 14.1. The van der Waals surface area contributed by atoms with Crippen molar-refractivity contribution in [3.8, 4) is 11.3 Å². The molecule has 0 aliphatic carbocycles. The molecule has 31 heavy (non-hydrogen) atoms. The summed E-state index contributed by atoms with van der Waals surface area (Å²) in [4.78, 5) is 25.6. The van der Waals surface area contributed by atoms with Gasteiger partial charge in [0, 0.05) is 23.4 Å². The Bertz CT molecular complexity index is 1070. The summed E-state index contributed by atoms with van der Waals surface area (Å²) in [6, 6.07) is 3.67. The quantitative estimate of drug-likeness (QED) is 0.666. The number of alkyl halides is 3. The van der Waals surface area contributed by atoms with E-state index in [1.165, 1.54) is 6.20 Å². The van der Waals surface area contributed by atoms with Crippen LogP contribution >= 0.6 is 0 Å². The van der Waals surface area contributed by atoms with E-state index in [1.54, 1.807) is 12.3 Å². The lowest BCUT2D eigenvalue weighted by Crippen LogP contribution is -2.21. The summed E-state index contributed by atoms with van der Waals surface area (Å²) in [6.45, 7) is 1.87. The van der Waals surface area contributed by atoms with Crippen molar-refractivity contribution >= 4 is 27.6 Å². The molecule has 2 bridgehead atoms. The van der Waals surface area contributed by atoms with E-state index in [0.29, 0.717) is 11.4 Å². The van der Waals surface area contributed by atoms with Crippen LogP contribution in [-0.4, -0.2) is 52.0 Å². The number of aromatic nitrogens is 3. The maximum atomic E-state index is 12.4. The first kappa shape index (κ1) is 24.3. The number of halogens is 3. The average Bonchev–Trinajstić information content (AvgIpc) is 3.08. The van der Waals surface area contributed by atoms with Gasteiger partial charge in [-0.25, -0.2) is 13.2 Å². The number of carboxylic acid groups (broad SMARTS) is 1. The van der Waals surface area contributed by atoms with E-state index in [9.17, 15) is 26.4 Å². The van der Waals surface area contributed by atoms with Crippen LogP contribution in [0, 0.1) is 5.92 Å². The Hall–Kier alpha value is -2.96. The second-order valence-electron chi connectivity index (χ2n) is 7.00. The Morgan fingerprint density at radius 2 is 1.97 bits per heavy atom. The van der Waals surface area contributed by atoms with E-state index < -0.39 is 22.2 Å². The smallest absolute Gasteiger partial charge is 0.475 e. The van der Waals surface area contributed by atoms with Crippen molar-refractivity contribution in [2.24, 2.45) is 5.92 Å². The molecule has 2 N–H and O–H groups in total. The fourth-order valence-corrected chi connectivity index (χ4v) is 3.26. The third kappa shape index (κ3) is 6.77. The highest BCUT2D eigenvalue weighted by atomic mass is 32.2. The van der Waals surface area contributed by atoms with E-state index in [0.717, 1.165) is 47.3 Å². The number of fused-ring (bicyclic) bond motifs is 4. The number of nitrogens with one attached hydrogen (secondary N) is 1. The summed E-state index contributed by atoms with van der Waals surface area (Å²) in [5.74, 6) is -3.03. The van der Waals surface area contributed by atoms with Gasteiger partial charge in [-0.15, -0.1) is 0 Å². The molecule has 1 atom stereocenters. The Kier molecular flexibility index (Phi) is 7.41. The summed E-state index contributed by atoms with van der Waals surface area (Å²) < 4.78 is 56.3. The molecule has 1 amide bonds. The van der Waals surface area contributed by atoms with Gasteiger partial charge in [0.05, 0.1) is 18.1 Å². The van der Waals surface area contributed by atoms with Gasteiger partial charge in [0.1, 0.15) is 5.69 Å². The molecule has 3 rings (SSSR count). The predicted molar refractivity (Wildman–Crippen MR) is 105 cm³/mol. The molecule has 0 radical (unpaired) electrons. The van der Waals surface area contributed by atoms with Crippen molar-refractivity contribution in [2.45, 2.75) is 38.8 Å². The molecule has 0 spiro atoms. The highest BCUT2D eigenvalue weighted by molar-refractivity contribution is 7.89. The van der Waals surface area contributed by atoms with Crippen molar-refractivity contribution in [1.82, 2.24) is 14.2 Å². The number of hydrogen-bond acceptors (Lipinski definition) is 6. The second kappa shape index (κ2) is 9.45. The lowest BCUT2D eigenvalue weighted by Gasteiger charge is -2.13. The highest BCUT2D eigenvalue weighted by Gasteiger charge is 2.38. The molecule has 1 aliphatic rings. The summed E-state index contributed by atoms with van der Waals surface area (Å²) in [6.07, 6.45) is 2.52. The first-order valence-corrected chi connectivity index (χ1v) is 11.0. The van der Waals surface area contributed by atoms with Gasteiger partial charge in [0.25, 0.3) is 10.0 Å². The number of aryl methyl sites for hydroxylation is 1. The van der Waals surface area contributed by atoms with Gasteiger partial charge < -0.3 is 10.4 Å². The lowest BCUT2D eigenvalue weighted by atomic mass is 10.00. The number of nitrogens with zero attached hydrogens (tertiary/aromatic N) is 3. The van der Waals surface area contributed by atoms with Crippen LogP contribution in [0.15, 0.2) is 24.5 Å². The zero-order chi connectivity index (χ0) is 23.4. The molecular formula is C18H21F3N4O5S. The number of aliphatic carboxylic acids is 1. The first-order chi connectivity index (χ1) is 14.3. The van der Waals surface area contributed by atoms with E-state index in [-0.39, 0.29) is 11.8 Å². The molecule has 0 aromatic carbocycles. The average molecular weight is 462 g/mol.